The summed E-state index contributed by atoms with van der Waals surface area (Å²) in [6.07, 6.45) is 2.11. The van der Waals surface area contributed by atoms with Crippen LogP contribution in [-0.4, -0.2) is 16.7 Å². The molecule has 4 nitrogen and oxygen atoms in total. The molecule has 4 unspecified atom stereocenters. The molecule has 0 saturated heterocycles. The average molecular weight is 195 g/mol. The first-order valence-electron chi connectivity index (χ1n) is 5.23. The van der Waals surface area contributed by atoms with Crippen molar-refractivity contribution < 1.29 is 5.11 Å². The van der Waals surface area contributed by atoms with Crippen LogP contribution in [0.15, 0.2) is 5.11 Å². The van der Waals surface area contributed by atoms with Gasteiger partial charge in [0.2, 0.25) is 0 Å². The summed E-state index contributed by atoms with van der Waals surface area (Å²) in [5, 5.41) is 14.3. The summed E-state index contributed by atoms with van der Waals surface area (Å²) >= 11 is 0. The predicted octanol–water partition coefficient (Wildman–Crippen LogP) is 2.48. The summed E-state index contributed by atoms with van der Waals surface area (Å²) in [4.78, 5) is 2.86. The molecule has 2 rings (SSSR count). The Morgan fingerprint density at radius 3 is 2.64 bits per heavy atom. The fourth-order valence-corrected chi connectivity index (χ4v) is 3.33. The summed E-state index contributed by atoms with van der Waals surface area (Å²) in [6, 6.07) is -0.235. The molecule has 0 aliphatic heterocycles. The minimum atomic E-state index is -0.739. The van der Waals surface area contributed by atoms with Gasteiger partial charge in [0, 0.05) is 4.91 Å². The molecule has 0 heterocycles. The lowest BCUT2D eigenvalue weighted by Crippen LogP contribution is -2.39. The quantitative estimate of drug-likeness (QED) is 0.390. The number of hydrogen-bond donors (Lipinski definition) is 1. The van der Waals surface area contributed by atoms with Gasteiger partial charge in [0.1, 0.15) is 0 Å². The SMILES string of the molecule is CC1CCC2C(C)(C)C2(O)C1N=[N+]=[N-]. The largest absolute Gasteiger partial charge is 0.389 e. The van der Waals surface area contributed by atoms with Crippen molar-refractivity contribution in [2.75, 3.05) is 0 Å². The summed E-state index contributed by atoms with van der Waals surface area (Å²) in [5.41, 5.74) is 7.69. The molecule has 0 aromatic carbocycles. The summed E-state index contributed by atoms with van der Waals surface area (Å²) in [5.74, 6) is 0.621. The second-order valence-electron chi connectivity index (χ2n) is 5.30. The van der Waals surface area contributed by atoms with Crippen LogP contribution in [0.4, 0.5) is 0 Å². The van der Waals surface area contributed by atoms with Gasteiger partial charge < -0.3 is 5.11 Å². The van der Waals surface area contributed by atoms with Gasteiger partial charge in [0.05, 0.1) is 11.6 Å². The van der Waals surface area contributed by atoms with Crippen molar-refractivity contribution in [2.24, 2.45) is 22.4 Å². The first-order valence-corrected chi connectivity index (χ1v) is 5.23. The monoisotopic (exact) mass is 195 g/mol. The molecular weight excluding hydrogens is 178 g/mol. The molecular formula is C10H17N3O. The molecule has 1 N–H and O–H groups in total. The second-order valence-corrected chi connectivity index (χ2v) is 5.30. The zero-order chi connectivity index (χ0) is 10.6. The maximum atomic E-state index is 10.5. The second kappa shape index (κ2) is 2.65. The van der Waals surface area contributed by atoms with Crippen LogP contribution in [0.5, 0.6) is 0 Å². The van der Waals surface area contributed by atoms with Crippen LogP contribution in [-0.2, 0) is 0 Å². The van der Waals surface area contributed by atoms with Crippen LogP contribution in [0.2, 0.25) is 0 Å². The number of nitrogens with zero attached hydrogens (tertiary/aromatic N) is 3. The van der Waals surface area contributed by atoms with E-state index in [1.165, 1.54) is 0 Å². The van der Waals surface area contributed by atoms with Gasteiger partial charge in [-0.3, -0.25) is 0 Å². The molecule has 2 aliphatic rings. The standard InChI is InChI=1S/C10H17N3O/c1-6-4-5-7-9(2,3)10(7,14)8(6)12-13-11/h6-8,14H,4-5H2,1-3H3. The fourth-order valence-electron chi connectivity index (χ4n) is 3.33. The van der Waals surface area contributed by atoms with E-state index in [0.717, 1.165) is 12.8 Å². The van der Waals surface area contributed by atoms with Crippen LogP contribution in [0, 0.1) is 17.3 Å². The van der Waals surface area contributed by atoms with Crippen molar-refractivity contribution in [3.8, 4) is 0 Å². The average Bonchev–Trinajstić information content (AvgIpc) is 2.54. The van der Waals surface area contributed by atoms with E-state index in [9.17, 15) is 5.11 Å². The maximum absolute atomic E-state index is 10.5. The number of azide groups is 1. The topological polar surface area (TPSA) is 69.0 Å². The number of rotatable bonds is 1. The zero-order valence-electron chi connectivity index (χ0n) is 8.94. The van der Waals surface area contributed by atoms with Crippen LogP contribution >= 0.6 is 0 Å². The van der Waals surface area contributed by atoms with Gasteiger partial charge in [-0.25, -0.2) is 0 Å². The molecule has 0 amide bonds. The highest BCUT2D eigenvalue weighted by Gasteiger charge is 2.75. The zero-order valence-corrected chi connectivity index (χ0v) is 8.94. The van der Waals surface area contributed by atoms with E-state index >= 15 is 0 Å². The first kappa shape index (κ1) is 9.81. The van der Waals surface area contributed by atoms with Crippen molar-refractivity contribution in [1.82, 2.24) is 0 Å². The van der Waals surface area contributed by atoms with Crippen LogP contribution in [0.1, 0.15) is 33.6 Å². The minimum Gasteiger partial charge on any atom is -0.389 e. The molecule has 4 atom stereocenters. The molecule has 2 aliphatic carbocycles. The summed E-state index contributed by atoms with van der Waals surface area (Å²) in [6.45, 7) is 6.19. The van der Waals surface area contributed by atoms with Crippen molar-refractivity contribution in [3.05, 3.63) is 10.4 Å². The molecule has 14 heavy (non-hydrogen) atoms. The molecule has 78 valence electrons. The van der Waals surface area contributed by atoms with Crippen LogP contribution in [0.25, 0.3) is 10.4 Å². The Bertz CT molecular complexity index is 308. The molecule has 0 spiro atoms. The predicted molar refractivity (Wildman–Crippen MR) is 53.6 cm³/mol. The van der Waals surface area contributed by atoms with Gasteiger partial charge in [0.15, 0.2) is 0 Å². The smallest absolute Gasteiger partial charge is 0.0823 e. The van der Waals surface area contributed by atoms with Gasteiger partial charge in [0.25, 0.3) is 0 Å². The highest BCUT2D eigenvalue weighted by atomic mass is 16.3. The fraction of sp³-hybridized carbons (Fsp3) is 1.00. The number of hydrogen-bond acceptors (Lipinski definition) is 2. The van der Waals surface area contributed by atoms with Gasteiger partial charge in [-0.15, -0.1) is 0 Å². The lowest BCUT2D eigenvalue weighted by atomic mass is 9.83. The van der Waals surface area contributed by atoms with E-state index in [-0.39, 0.29) is 11.5 Å². The van der Waals surface area contributed by atoms with E-state index in [4.69, 9.17) is 5.53 Å². The molecule has 0 bridgehead atoms. The van der Waals surface area contributed by atoms with Gasteiger partial charge in [-0.2, -0.15) is 0 Å². The van der Waals surface area contributed by atoms with Crippen molar-refractivity contribution in [1.29, 1.82) is 0 Å². The number of fused-ring (bicyclic) bond motifs is 1. The lowest BCUT2D eigenvalue weighted by molar-refractivity contribution is 0.0370. The van der Waals surface area contributed by atoms with E-state index in [1.807, 2.05) is 0 Å². The highest BCUT2D eigenvalue weighted by Crippen LogP contribution is 2.69. The molecule has 4 heteroatoms. The van der Waals surface area contributed by atoms with Crippen LogP contribution in [0.3, 0.4) is 0 Å². The Labute approximate surface area is 83.9 Å². The maximum Gasteiger partial charge on any atom is 0.0823 e. The van der Waals surface area contributed by atoms with Gasteiger partial charge in [-0.1, -0.05) is 25.9 Å². The molecule has 0 aromatic rings. The molecule has 0 radical (unpaired) electrons. The van der Waals surface area contributed by atoms with E-state index < -0.39 is 5.60 Å². The van der Waals surface area contributed by atoms with Gasteiger partial charge >= 0.3 is 0 Å². The highest BCUT2D eigenvalue weighted by molar-refractivity contribution is 5.26. The normalized spacial score (nSPS) is 49.0. The Balaban J connectivity index is 2.33. The van der Waals surface area contributed by atoms with Crippen molar-refractivity contribution in [3.63, 3.8) is 0 Å². The third-order valence-corrected chi connectivity index (χ3v) is 4.43. The molecule has 2 fully saturated rings. The van der Waals surface area contributed by atoms with E-state index in [0.29, 0.717) is 11.8 Å². The molecule has 0 aromatic heterocycles. The Kier molecular flexibility index (Phi) is 1.85. The van der Waals surface area contributed by atoms with E-state index in [2.05, 4.69) is 30.8 Å². The van der Waals surface area contributed by atoms with Crippen LogP contribution < -0.4 is 0 Å². The summed E-state index contributed by atoms with van der Waals surface area (Å²) < 4.78 is 0. The summed E-state index contributed by atoms with van der Waals surface area (Å²) in [7, 11) is 0. The third kappa shape index (κ3) is 0.904. The Morgan fingerprint density at radius 2 is 2.07 bits per heavy atom. The minimum absolute atomic E-state index is 0.0728. The first-order chi connectivity index (χ1) is 6.46. The Hall–Kier alpha value is -0.730. The van der Waals surface area contributed by atoms with Crippen molar-refractivity contribution in [2.45, 2.75) is 45.3 Å². The Morgan fingerprint density at radius 1 is 1.43 bits per heavy atom. The molecule has 2 saturated carbocycles. The number of aliphatic hydroxyl groups is 1. The van der Waals surface area contributed by atoms with Gasteiger partial charge in [-0.05, 0) is 35.6 Å². The van der Waals surface area contributed by atoms with Crippen molar-refractivity contribution >= 4 is 0 Å². The van der Waals surface area contributed by atoms with E-state index in [1.54, 1.807) is 0 Å². The lowest BCUT2D eigenvalue weighted by Gasteiger charge is -2.30. The third-order valence-electron chi connectivity index (χ3n) is 4.43.